The Hall–Kier alpha value is -2.11. The van der Waals surface area contributed by atoms with Crippen LogP contribution in [-0.2, 0) is 0 Å². The van der Waals surface area contributed by atoms with Crippen molar-refractivity contribution in [2.75, 3.05) is 0 Å². The Morgan fingerprint density at radius 1 is 1.64 bits per heavy atom. The number of hydrogen-bond donors (Lipinski definition) is 2. The number of aromatic carboxylic acids is 1. The Balaban J connectivity index is 2.83. The number of hydrogen-bond acceptors (Lipinski definition) is 3. The average Bonchev–Trinajstić information content (AvgIpc) is 2.47. The zero-order valence-corrected chi connectivity index (χ0v) is 7.31. The van der Waals surface area contributed by atoms with E-state index in [0.717, 1.165) is 4.40 Å². The minimum Gasteiger partial charge on any atom is -0.476 e. The van der Waals surface area contributed by atoms with Gasteiger partial charge in [0.1, 0.15) is 5.65 Å². The lowest BCUT2D eigenvalue weighted by Gasteiger charge is -1.92. The summed E-state index contributed by atoms with van der Waals surface area (Å²) in [6, 6.07) is 1.60. The van der Waals surface area contributed by atoms with Crippen molar-refractivity contribution in [3.8, 4) is 0 Å². The molecule has 2 N–H and O–H groups in total. The molecule has 72 valence electrons. The summed E-state index contributed by atoms with van der Waals surface area (Å²) < 4.78 is 1.16. The number of carboxylic acids is 1. The Morgan fingerprint density at radius 2 is 2.36 bits per heavy atom. The zero-order valence-electron chi connectivity index (χ0n) is 7.31. The molecule has 0 radical (unpaired) electrons. The number of fused-ring (bicyclic) bond motifs is 1. The average molecular weight is 193 g/mol. The maximum Gasteiger partial charge on any atom is 0.356 e. The summed E-state index contributed by atoms with van der Waals surface area (Å²) >= 11 is 0. The Kier molecular flexibility index (Phi) is 1.63. The molecule has 14 heavy (non-hydrogen) atoms. The van der Waals surface area contributed by atoms with E-state index in [4.69, 9.17) is 5.11 Å². The molecule has 0 aliphatic carbocycles. The molecule has 2 rings (SSSR count). The molecular weight excluding hydrogens is 186 g/mol. The highest BCUT2D eigenvalue weighted by Gasteiger charge is 2.09. The molecule has 0 aliphatic heterocycles. The summed E-state index contributed by atoms with van der Waals surface area (Å²) in [6.45, 7) is 1.70. The number of nitrogens with zero attached hydrogens (tertiary/aromatic N) is 2. The molecule has 6 nitrogen and oxygen atoms in total. The second-order valence-electron chi connectivity index (χ2n) is 2.92. The lowest BCUT2D eigenvalue weighted by molar-refractivity contribution is 0.0691. The maximum absolute atomic E-state index is 11.3. The van der Waals surface area contributed by atoms with Crippen LogP contribution in [-0.4, -0.2) is 25.4 Å². The molecule has 0 bridgehead atoms. The molecule has 0 amide bonds. The number of rotatable bonds is 1. The van der Waals surface area contributed by atoms with Gasteiger partial charge in [-0.15, -0.1) is 0 Å². The summed E-state index contributed by atoms with van der Waals surface area (Å²) in [5, 5.41) is 8.66. The lowest BCUT2D eigenvalue weighted by atomic mass is 10.4. The highest BCUT2D eigenvalue weighted by Crippen LogP contribution is 2.02. The molecule has 6 heteroatoms. The second-order valence-corrected chi connectivity index (χ2v) is 2.92. The van der Waals surface area contributed by atoms with Gasteiger partial charge in [0.15, 0.2) is 5.69 Å². The third-order valence-corrected chi connectivity index (χ3v) is 1.82. The number of aromatic amines is 1. The normalized spacial score (nSPS) is 10.6. The van der Waals surface area contributed by atoms with Gasteiger partial charge in [0.05, 0.1) is 0 Å². The number of imidazole rings is 1. The van der Waals surface area contributed by atoms with Gasteiger partial charge in [-0.05, 0) is 6.92 Å². The fraction of sp³-hybridized carbons (Fsp3) is 0.125. The van der Waals surface area contributed by atoms with Crippen LogP contribution in [0.3, 0.4) is 0 Å². The standard InChI is InChI=1S/C8H7N3O3/c1-4-2-6-10-5(7(12)13)3-11(6)8(14)9-4/h2-3H,1H3,(H,9,14)(H,12,13). The van der Waals surface area contributed by atoms with Crippen LogP contribution in [0.5, 0.6) is 0 Å². The predicted molar refractivity (Wildman–Crippen MR) is 47.5 cm³/mol. The van der Waals surface area contributed by atoms with Crippen molar-refractivity contribution in [1.29, 1.82) is 0 Å². The highest BCUT2D eigenvalue weighted by atomic mass is 16.4. The molecule has 0 fully saturated rings. The van der Waals surface area contributed by atoms with E-state index in [1.165, 1.54) is 6.20 Å². The molecule has 0 aromatic carbocycles. The Labute approximate surface area is 77.8 Å². The topological polar surface area (TPSA) is 87.5 Å². The van der Waals surface area contributed by atoms with E-state index in [9.17, 15) is 9.59 Å². The van der Waals surface area contributed by atoms with Crippen LogP contribution in [0.1, 0.15) is 16.2 Å². The minimum absolute atomic E-state index is 0.138. The molecule has 0 saturated heterocycles. The van der Waals surface area contributed by atoms with Crippen molar-refractivity contribution >= 4 is 11.6 Å². The number of carbonyl (C=O) groups is 1. The van der Waals surface area contributed by atoms with Crippen LogP contribution < -0.4 is 5.69 Å². The van der Waals surface area contributed by atoms with E-state index in [-0.39, 0.29) is 11.4 Å². The largest absolute Gasteiger partial charge is 0.476 e. The summed E-state index contributed by atoms with van der Waals surface area (Å²) in [4.78, 5) is 28.2. The smallest absolute Gasteiger partial charge is 0.356 e. The van der Waals surface area contributed by atoms with Gasteiger partial charge in [0.2, 0.25) is 0 Å². The van der Waals surface area contributed by atoms with Crippen molar-refractivity contribution in [2.24, 2.45) is 0 Å². The van der Waals surface area contributed by atoms with Gasteiger partial charge < -0.3 is 10.1 Å². The van der Waals surface area contributed by atoms with Crippen LogP contribution in [0.25, 0.3) is 5.65 Å². The summed E-state index contributed by atoms with van der Waals surface area (Å²) in [5.41, 5.74) is 0.454. The number of nitrogens with one attached hydrogen (secondary N) is 1. The van der Waals surface area contributed by atoms with Gasteiger partial charge in [-0.1, -0.05) is 0 Å². The number of aromatic nitrogens is 3. The first kappa shape index (κ1) is 8.49. The summed E-state index contributed by atoms with van der Waals surface area (Å²) in [6.07, 6.45) is 1.19. The van der Waals surface area contributed by atoms with Gasteiger partial charge in [0, 0.05) is 18.0 Å². The number of carboxylic acid groups (broad SMARTS) is 1. The van der Waals surface area contributed by atoms with E-state index < -0.39 is 5.97 Å². The van der Waals surface area contributed by atoms with Crippen molar-refractivity contribution in [3.63, 3.8) is 0 Å². The minimum atomic E-state index is -1.15. The van der Waals surface area contributed by atoms with Crippen LogP contribution in [0, 0.1) is 6.92 Å². The first-order chi connectivity index (χ1) is 6.58. The zero-order chi connectivity index (χ0) is 10.3. The molecular formula is C8H7N3O3. The third kappa shape index (κ3) is 1.17. The third-order valence-electron chi connectivity index (χ3n) is 1.82. The number of aryl methyl sites for hydroxylation is 1. The van der Waals surface area contributed by atoms with E-state index in [1.54, 1.807) is 13.0 Å². The maximum atomic E-state index is 11.3. The van der Waals surface area contributed by atoms with Crippen molar-refractivity contribution in [1.82, 2.24) is 14.4 Å². The molecule has 2 aromatic heterocycles. The van der Waals surface area contributed by atoms with Crippen molar-refractivity contribution in [3.05, 3.63) is 34.1 Å². The van der Waals surface area contributed by atoms with Crippen LogP contribution >= 0.6 is 0 Å². The van der Waals surface area contributed by atoms with Gasteiger partial charge in [-0.3, -0.25) is 4.40 Å². The fourth-order valence-electron chi connectivity index (χ4n) is 1.22. The molecule has 0 saturated carbocycles. The first-order valence-electron chi connectivity index (χ1n) is 3.90. The van der Waals surface area contributed by atoms with Crippen molar-refractivity contribution < 1.29 is 9.90 Å². The second kappa shape index (κ2) is 2.69. The van der Waals surface area contributed by atoms with Gasteiger partial charge in [-0.25, -0.2) is 14.6 Å². The van der Waals surface area contributed by atoms with Gasteiger partial charge in [0.25, 0.3) is 0 Å². The molecule has 0 atom stereocenters. The summed E-state index contributed by atoms with van der Waals surface area (Å²) in [7, 11) is 0. The molecule has 2 aromatic rings. The van der Waals surface area contributed by atoms with E-state index in [0.29, 0.717) is 11.3 Å². The quantitative estimate of drug-likeness (QED) is 0.668. The molecule has 0 spiro atoms. The van der Waals surface area contributed by atoms with Gasteiger partial charge in [-0.2, -0.15) is 0 Å². The molecule has 2 heterocycles. The SMILES string of the molecule is Cc1cc2nc(C(=O)O)cn2c(=O)[nH]1. The van der Waals surface area contributed by atoms with Crippen LogP contribution in [0.15, 0.2) is 17.1 Å². The number of H-pyrrole nitrogens is 1. The Morgan fingerprint density at radius 3 is 3.00 bits per heavy atom. The lowest BCUT2D eigenvalue weighted by Crippen LogP contribution is -2.15. The fourth-order valence-corrected chi connectivity index (χ4v) is 1.22. The van der Waals surface area contributed by atoms with E-state index in [1.807, 2.05) is 0 Å². The van der Waals surface area contributed by atoms with Crippen LogP contribution in [0.4, 0.5) is 0 Å². The summed E-state index contributed by atoms with van der Waals surface area (Å²) in [5.74, 6) is -1.15. The Bertz CT molecular complexity index is 567. The molecule has 0 aliphatic rings. The first-order valence-corrected chi connectivity index (χ1v) is 3.90. The monoisotopic (exact) mass is 193 g/mol. The highest BCUT2D eigenvalue weighted by molar-refractivity contribution is 5.86. The van der Waals surface area contributed by atoms with E-state index >= 15 is 0 Å². The molecule has 0 unspecified atom stereocenters. The van der Waals surface area contributed by atoms with Crippen LogP contribution in [0.2, 0.25) is 0 Å². The van der Waals surface area contributed by atoms with E-state index in [2.05, 4.69) is 9.97 Å². The van der Waals surface area contributed by atoms with Gasteiger partial charge >= 0.3 is 11.7 Å². The van der Waals surface area contributed by atoms with Crippen molar-refractivity contribution in [2.45, 2.75) is 6.92 Å². The predicted octanol–water partition coefficient (Wildman–Crippen LogP) is 0.0292.